The molecule has 0 aliphatic rings. The number of rotatable bonds is 2. The largest absolute Gasteiger partial charge is 0.478 e. The molecule has 2 nitrogen and oxygen atoms in total. The molecule has 104 valence electrons. The van der Waals surface area contributed by atoms with Crippen molar-refractivity contribution in [3.05, 3.63) is 58.6 Å². The Labute approximate surface area is 117 Å². The lowest BCUT2D eigenvalue weighted by molar-refractivity contribution is -0.137. The summed E-state index contributed by atoms with van der Waals surface area (Å²) in [6.45, 7) is 0. The van der Waals surface area contributed by atoms with E-state index in [2.05, 4.69) is 0 Å². The lowest BCUT2D eigenvalue weighted by Crippen LogP contribution is -2.08. The van der Waals surface area contributed by atoms with Gasteiger partial charge in [0.15, 0.2) is 0 Å². The van der Waals surface area contributed by atoms with Crippen molar-refractivity contribution in [3.8, 4) is 11.1 Å². The van der Waals surface area contributed by atoms with Crippen LogP contribution in [-0.2, 0) is 6.18 Å². The van der Waals surface area contributed by atoms with Gasteiger partial charge in [-0.1, -0.05) is 23.7 Å². The molecule has 6 heteroatoms. The van der Waals surface area contributed by atoms with Gasteiger partial charge in [-0.25, -0.2) is 4.79 Å². The summed E-state index contributed by atoms with van der Waals surface area (Å²) in [7, 11) is 0. The van der Waals surface area contributed by atoms with Crippen LogP contribution in [0.15, 0.2) is 42.5 Å². The highest BCUT2D eigenvalue weighted by atomic mass is 35.5. The van der Waals surface area contributed by atoms with Crippen LogP contribution in [0.3, 0.4) is 0 Å². The van der Waals surface area contributed by atoms with Crippen LogP contribution in [0, 0.1) is 0 Å². The molecule has 1 N–H and O–H groups in total. The lowest BCUT2D eigenvalue weighted by atomic mass is 9.99. The lowest BCUT2D eigenvalue weighted by Gasteiger charge is -2.11. The van der Waals surface area contributed by atoms with Crippen LogP contribution in [0.2, 0.25) is 5.02 Å². The molecule has 0 saturated carbocycles. The molecule has 0 bridgehead atoms. The molecule has 0 unspecified atom stereocenters. The number of carbonyl (C=O) groups is 1. The molecule has 0 radical (unpaired) electrons. The van der Waals surface area contributed by atoms with Crippen molar-refractivity contribution in [2.24, 2.45) is 0 Å². The van der Waals surface area contributed by atoms with E-state index in [4.69, 9.17) is 16.7 Å². The Kier molecular flexibility index (Phi) is 3.72. The quantitative estimate of drug-likeness (QED) is 0.871. The zero-order valence-corrected chi connectivity index (χ0v) is 10.7. The molecule has 0 fully saturated rings. The third kappa shape index (κ3) is 3.11. The summed E-state index contributed by atoms with van der Waals surface area (Å²) in [6.07, 6.45) is -4.61. The van der Waals surface area contributed by atoms with Gasteiger partial charge in [-0.15, -0.1) is 0 Å². The number of alkyl halides is 3. The Bertz CT molecular complexity index is 666. The summed E-state index contributed by atoms with van der Waals surface area (Å²) < 4.78 is 38.4. The highest BCUT2D eigenvalue weighted by Crippen LogP contribution is 2.34. The summed E-state index contributed by atoms with van der Waals surface area (Å²) in [4.78, 5) is 10.9. The number of carboxylic acids is 1. The summed E-state index contributed by atoms with van der Waals surface area (Å²) in [6, 6.07) is 8.89. The van der Waals surface area contributed by atoms with Crippen LogP contribution in [0.1, 0.15) is 15.9 Å². The van der Waals surface area contributed by atoms with Crippen molar-refractivity contribution in [3.63, 3.8) is 0 Å². The molecule has 0 amide bonds. The summed E-state index contributed by atoms with van der Waals surface area (Å²) >= 11 is 5.79. The minimum Gasteiger partial charge on any atom is -0.478 e. The maximum Gasteiger partial charge on any atom is 0.416 e. The van der Waals surface area contributed by atoms with Crippen LogP contribution in [0.4, 0.5) is 13.2 Å². The zero-order chi connectivity index (χ0) is 14.9. The number of hydrogen-bond donors (Lipinski definition) is 1. The fourth-order valence-corrected chi connectivity index (χ4v) is 1.94. The molecule has 2 aromatic carbocycles. The predicted octanol–water partition coefficient (Wildman–Crippen LogP) is 4.72. The molecular formula is C14H8ClF3O2. The van der Waals surface area contributed by atoms with E-state index in [0.717, 1.165) is 6.07 Å². The van der Waals surface area contributed by atoms with Gasteiger partial charge in [0.05, 0.1) is 11.1 Å². The zero-order valence-electron chi connectivity index (χ0n) is 9.91. The Balaban J connectivity index is 2.64. The Morgan fingerprint density at radius 2 is 1.75 bits per heavy atom. The number of benzene rings is 2. The fraction of sp³-hybridized carbons (Fsp3) is 0.0714. The van der Waals surface area contributed by atoms with Crippen molar-refractivity contribution in [2.75, 3.05) is 0 Å². The van der Waals surface area contributed by atoms with E-state index in [9.17, 15) is 18.0 Å². The fourth-order valence-electron chi connectivity index (χ4n) is 1.75. The second kappa shape index (κ2) is 5.17. The van der Waals surface area contributed by atoms with Crippen molar-refractivity contribution < 1.29 is 23.1 Å². The van der Waals surface area contributed by atoms with Crippen molar-refractivity contribution in [1.82, 2.24) is 0 Å². The van der Waals surface area contributed by atoms with Gasteiger partial charge in [-0.2, -0.15) is 13.2 Å². The van der Waals surface area contributed by atoms with Crippen LogP contribution in [0.25, 0.3) is 11.1 Å². The second-order valence-electron chi connectivity index (χ2n) is 4.11. The minimum absolute atomic E-state index is 0.153. The van der Waals surface area contributed by atoms with Crippen LogP contribution < -0.4 is 0 Å². The highest BCUT2D eigenvalue weighted by Gasteiger charge is 2.31. The number of carboxylic acid groups (broad SMARTS) is 1. The first kappa shape index (κ1) is 14.4. The third-order valence-corrected chi connectivity index (χ3v) is 2.90. The van der Waals surface area contributed by atoms with E-state index in [0.29, 0.717) is 16.7 Å². The van der Waals surface area contributed by atoms with Gasteiger partial charge >= 0.3 is 12.1 Å². The first-order valence-electron chi connectivity index (χ1n) is 5.49. The average Bonchev–Trinajstić information content (AvgIpc) is 2.37. The Morgan fingerprint density at radius 1 is 1.05 bits per heavy atom. The normalized spacial score (nSPS) is 11.4. The Morgan fingerprint density at radius 3 is 2.30 bits per heavy atom. The molecule has 0 spiro atoms. The van der Waals surface area contributed by atoms with E-state index in [-0.39, 0.29) is 5.56 Å². The average molecular weight is 301 g/mol. The van der Waals surface area contributed by atoms with Crippen molar-refractivity contribution >= 4 is 17.6 Å². The first-order valence-corrected chi connectivity index (χ1v) is 5.87. The van der Waals surface area contributed by atoms with Gasteiger partial charge < -0.3 is 5.11 Å². The van der Waals surface area contributed by atoms with E-state index in [1.54, 1.807) is 18.2 Å². The van der Waals surface area contributed by atoms with Gasteiger partial charge in [0.1, 0.15) is 0 Å². The predicted molar refractivity (Wildman–Crippen MR) is 68.8 cm³/mol. The first-order chi connectivity index (χ1) is 9.27. The van der Waals surface area contributed by atoms with Crippen LogP contribution in [0.5, 0.6) is 0 Å². The van der Waals surface area contributed by atoms with E-state index >= 15 is 0 Å². The van der Waals surface area contributed by atoms with Gasteiger partial charge in [0, 0.05) is 5.02 Å². The standard InChI is InChI=1S/C14H8ClF3O2/c15-12-3-1-2-8(7-12)9-4-10(13(19)20)6-11(5-9)14(16,17)18/h1-7H,(H,19,20). The SMILES string of the molecule is O=C(O)c1cc(-c2cccc(Cl)c2)cc(C(F)(F)F)c1. The molecule has 0 aliphatic heterocycles. The van der Waals surface area contributed by atoms with Crippen molar-refractivity contribution in [2.45, 2.75) is 6.18 Å². The Hall–Kier alpha value is -2.01. The van der Waals surface area contributed by atoms with Gasteiger partial charge in [0.25, 0.3) is 0 Å². The molecule has 0 atom stereocenters. The summed E-state index contributed by atoms with van der Waals surface area (Å²) in [5, 5.41) is 9.27. The molecule has 20 heavy (non-hydrogen) atoms. The van der Waals surface area contributed by atoms with Crippen molar-refractivity contribution in [1.29, 1.82) is 0 Å². The van der Waals surface area contributed by atoms with E-state index in [1.807, 2.05) is 0 Å². The molecule has 0 heterocycles. The minimum atomic E-state index is -4.61. The van der Waals surface area contributed by atoms with Crippen LogP contribution in [-0.4, -0.2) is 11.1 Å². The maximum absolute atomic E-state index is 12.8. The number of hydrogen-bond acceptors (Lipinski definition) is 1. The monoisotopic (exact) mass is 300 g/mol. The maximum atomic E-state index is 12.8. The molecule has 2 aromatic rings. The topological polar surface area (TPSA) is 37.3 Å². The summed E-state index contributed by atoms with van der Waals surface area (Å²) in [5.41, 5.74) is -0.854. The smallest absolute Gasteiger partial charge is 0.416 e. The highest BCUT2D eigenvalue weighted by molar-refractivity contribution is 6.30. The molecular weight excluding hydrogens is 293 g/mol. The summed E-state index contributed by atoms with van der Waals surface area (Å²) in [5.74, 6) is -1.42. The van der Waals surface area contributed by atoms with E-state index < -0.39 is 23.3 Å². The molecule has 0 saturated heterocycles. The van der Waals surface area contributed by atoms with E-state index in [1.165, 1.54) is 12.1 Å². The second-order valence-corrected chi connectivity index (χ2v) is 4.55. The molecule has 0 aromatic heterocycles. The van der Waals surface area contributed by atoms with Crippen LogP contribution >= 0.6 is 11.6 Å². The van der Waals surface area contributed by atoms with Gasteiger partial charge in [-0.3, -0.25) is 0 Å². The third-order valence-electron chi connectivity index (χ3n) is 2.67. The number of aromatic carboxylic acids is 1. The van der Waals surface area contributed by atoms with Gasteiger partial charge in [-0.05, 0) is 41.5 Å². The number of halogens is 4. The van der Waals surface area contributed by atoms with Gasteiger partial charge in [0.2, 0.25) is 0 Å². The molecule has 2 rings (SSSR count). The molecule has 0 aliphatic carbocycles.